The van der Waals surface area contributed by atoms with Gasteiger partial charge < -0.3 is 5.32 Å². The van der Waals surface area contributed by atoms with Gasteiger partial charge in [-0.3, -0.25) is 9.59 Å². The fraction of sp³-hybridized carbons (Fsp3) is 0.167. The number of aryl methyl sites for hydroxylation is 2. The highest BCUT2D eigenvalue weighted by Crippen LogP contribution is 2.22. The third-order valence-corrected chi connectivity index (χ3v) is 4.90. The molecular formula is C24H22N4O2. The van der Waals surface area contributed by atoms with Crippen LogP contribution in [0.1, 0.15) is 34.5 Å². The minimum absolute atomic E-state index is 0.0535. The number of ketones is 1. The number of carbonyl (C=O) groups is 2. The number of para-hydroxylation sites is 1. The van der Waals surface area contributed by atoms with Gasteiger partial charge in [-0.1, -0.05) is 48.5 Å². The van der Waals surface area contributed by atoms with E-state index >= 15 is 0 Å². The lowest BCUT2D eigenvalue weighted by Gasteiger charge is -2.10. The van der Waals surface area contributed by atoms with E-state index in [9.17, 15) is 9.59 Å². The van der Waals surface area contributed by atoms with Crippen molar-refractivity contribution in [1.29, 1.82) is 0 Å². The lowest BCUT2D eigenvalue weighted by atomic mass is 10.1. The van der Waals surface area contributed by atoms with Gasteiger partial charge in [-0.05, 0) is 31.5 Å². The number of benzene rings is 2. The number of amides is 1. The molecule has 6 nitrogen and oxygen atoms in total. The molecule has 2 heterocycles. The Hall–Kier alpha value is -3.80. The highest BCUT2D eigenvalue weighted by Gasteiger charge is 2.15. The Morgan fingerprint density at radius 3 is 2.47 bits per heavy atom. The van der Waals surface area contributed by atoms with Crippen LogP contribution in [0.25, 0.3) is 16.7 Å². The van der Waals surface area contributed by atoms with Crippen LogP contribution in [-0.2, 0) is 4.79 Å². The Kier molecular flexibility index (Phi) is 5.39. The Morgan fingerprint density at radius 2 is 1.67 bits per heavy atom. The van der Waals surface area contributed by atoms with Crippen LogP contribution < -0.4 is 5.32 Å². The van der Waals surface area contributed by atoms with Crippen LogP contribution in [0.3, 0.4) is 0 Å². The predicted octanol–water partition coefficient (Wildman–Crippen LogP) is 4.64. The highest BCUT2D eigenvalue weighted by molar-refractivity contribution is 5.99. The van der Waals surface area contributed by atoms with Crippen molar-refractivity contribution >= 4 is 28.4 Å². The number of nitrogens with one attached hydrogen (secondary N) is 1. The fourth-order valence-electron chi connectivity index (χ4n) is 3.40. The zero-order valence-corrected chi connectivity index (χ0v) is 16.9. The third kappa shape index (κ3) is 4.12. The number of nitrogens with zero attached hydrogens (tertiary/aromatic N) is 3. The van der Waals surface area contributed by atoms with E-state index in [1.54, 1.807) is 22.9 Å². The zero-order chi connectivity index (χ0) is 21.1. The van der Waals surface area contributed by atoms with E-state index in [2.05, 4.69) is 10.4 Å². The van der Waals surface area contributed by atoms with Gasteiger partial charge in [-0.2, -0.15) is 9.78 Å². The van der Waals surface area contributed by atoms with E-state index in [4.69, 9.17) is 4.98 Å². The molecule has 0 aliphatic rings. The fourth-order valence-corrected chi connectivity index (χ4v) is 3.40. The van der Waals surface area contributed by atoms with Crippen molar-refractivity contribution in [2.24, 2.45) is 0 Å². The van der Waals surface area contributed by atoms with Crippen LogP contribution in [0.15, 0.2) is 66.7 Å². The summed E-state index contributed by atoms with van der Waals surface area (Å²) in [5.74, 6) is 0.877. The number of Topliss-reactive ketones (excluding diaryl/α,β-unsaturated/α-hetero) is 1. The molecule has 0 unspecified atom stereocenters. The maximum Gasteiger partial charge on any atom is 0.225 e. The number of anilines is 1. The van der Waals surface area contributed by atoms with Crippen molar-refractivity contribution in [2.45, 2.75) is 26.7 Å². The van der Waals surface area contributed by atoms with Gasteiger partial charge in [0.1, 0.15) is 5.82 Å². The van der Waals surface area contributed by atoms with Gasteiger partial charge in [-0.15, -0.1) is 0 Å². The molecule has 0 spiro atoms. The van der Waals surface area contributed by atoms with Crippen LogP contribution >= 0.6 is 0 Å². The standard InChI is InChI=1S/C24H22N4O2/c1-16-14-22(25-20-11-7-6-10-19(16)20)28-23(15-17(2)27-28)26-24(30)13-12-21(29)18-8-4-3-5-9-18/h3-11,14-15H,12-13H2,1-2H3,(H,26,30). The van der Waals surface area contributed by atoms with Crippen LogP contribution in [0.5, 0.6) is 0 Å². The summed E-state index contributed by atoms with van der Waals surface area (Å²) in [6.07, 6.45) is 0.248. The zero-order valence-electron chi connectivity index (χ0n) is 16.9. The maximum atomic E-state index is 12.5. The Balaban J connectivity index is 1.52. The Labute approximate surface area is 174 Å². The first-order valence-corrected chi connectivity index (χ1v) is 9.83. The van der Waals surface area contributed by atoms with Crippen molar-refractivity contribution in [3.63, 3.8) is 0 Å². The molecule has 0 atom stereocenters. The van der Waals surface area contributed by atoms with E-state index in [0.717, 1.165) is 22.2 Å². The molecule has 150 valence electrons. The first-order valence-electron chi connectivity index (χ1n) is 9.83. The Bertz CT molecular complexity index is 1230. The van der Waals surface area contributed by atoms with Gasteiger partial charge >= 0.3 is 0 Å². The summed E-state index contributed by atoms with van der Waals surface area (Å²) in [5, 5.41) is 8.45. The van der Waals surface area contributed by atoms with E-state index in [0.29, 0.717) is 17.2 Å². The lowest BCUT2D eigenvalue weighted by molar-refractivity contribution is -0.116. The Morgan fingerprint density at radius 1 is 0.933 bits per heavy atom. The molecule has 4 aromatic rings. The van der Waals surface area contributed by atoms with Crippen molar-refractivity contribution in [3.8, 4) is 5.82 Å². The molecule has 1 amide bonds. The van der Waals surface area contributed by atoms with E-state index < -0.39 is 0 Å². The number of carbonyl (C=O) groups excluding carboxylic acids is 2. The molecule has 0 saturated carbocycles. The lowest BCUT2D eigenvalue weighted by Crippen LogP contribution is -2.16. The first kappa shape index (κ1) is 19.5. The summed E-state index contributed by atoms with van der Waals surface area (Å²) in [6.45, 7) is 3.89. The molecule has 30 heavy (non-hydrogen) atoms. The van der Waals surface area contributed by atoms with Gasteiger partial charge in [0.2, 0.25) is 5.91 Å². The SMILES string of the molecule is Cc1cc(NC(=O)CCC(=O)c2ccccc2)n(-c2cc(C)c3ccccc3n2)n1. The van der Waals surface area contributed by atoms with Gasteiger partial charge in [0.05, 0.1) is 11.2 Å². The van der Waals surface area contributed by atoms with Crippen LogP contribution in [-0.4, -0.2) is 26.5 Å². The van der Waals surface area contributed by atoms with Crippen molar-refractivity contribution in [1.82, 2.24) is 14.8 Å². The normalized spacial score (nSPS) is 10.9. The second-order valence-corrected chi connectivity index (χ2v) is 7.23. The summed E-state index contributed by atoms with van der Waals surface area (Å²) >= 11 is 0. The number of hydrogen-bond donors (Lipinski definition) is 1. The molecule has 6 heteroatoms. The largest absolute Gasteiger partial charge is 0.311 e. The molecule has 0 aliphatic carbocycles. The van der Waals surface area contributed by atoms with E-state index in [-0.39, 0.29) is 24.5 Å². The van der Waals surface area contributed by atoms with Crippen molar-refractivity contribution in [3.05, 3.63) is 83.6 Å². The number of pyridine rings is 1. The van der Waals surface area contributed by atoms with Gasteiger partial charge in [0.15, 0.2) is 11.6 Å². The third-order valence-electron chi connectivity index (χ3n) is 4.90. The summed E-state index contributed by atoms with van der Waals surface area (Å²) in [6, 6.07) is 20.6. The molecule has 0 bridgehead atoms. The molecule has 0 aliphatic heterocycles. The summed E-state index contributed by atoms with van der Waals surface area (Å²) in [5.41, 5.74) is 3.32. The number of fused-ring (bicyclic) bond motifs is 1. The highest BCUT2D eigenvalue weighted by atomic mass is 16.2. The molecule has 0 fully saturated rings. The van der Waals surface area contributed by atoms with Crippen LogP contribution in [0, 0.1) is 13.8 Å². The first-order chi connectivity index (χ1) is 14.5. The van der Waals surface area contributed by atoms with E-state index in [1.807, 2.05) is 62.4 Å². The topological polar surface area (TPSA) is 76.9 Å². The molecule has 4 rings (SSSR count). The summed E-state index contributed by atoms with van der Waals surface area (Å²) in [7, 11) is 0. The number of aromatic nitrogens is 3. The van der Waals surface area contributed by atoms with Crippen molar-refractivity contribution in [2.75, 3.05) is 5.32 Å². The minimum atomic E-state index is -0.238. The molecule has 0 saturated heterocycles. The summed E-state index contributed by atoms with van der Waals surface area (Å²) in [4.78, 5) is 29.4. The monoisotopic (exact) mass is 398 g/mol. The van der Waals surface area contributed by atoms with Crippen molar-refractivity contribution < 1.29 is 9.59 Å². The smallest absolute Gasteiger partial charge is 0.225 e. The molecule has 1 N–H and O–H groups in total. The average molecular weight is 398 g/mol. The molecule has 0 radical (unpaired) electrons. The van der Waals surface area contributed by atoms with Gasteiger partial charge in [0.25, 0.3) is 0 Å². The van der Waals surface area contributed by atoms with E-state index in [1.165, 1.54) is 0 Å². The quantitative estimate of drug-likeness (QED) is 0.480. The van der Waals surface area contributed by atoms with Crippen LogP contribution in [0.2, 0.25) is 0 Å². The summed E-state index contributed by atoms with van der Waals surface area (Å²) < 4.78 is 1.63. The maximum absolute atomic E-state index is 12.5. The van der Waals surface area contributed by atoms with Gasteiger partial charge in [0, 0.05) is 29.9 Å². The van der Waals surface area contributed by atoms with Crippen LogP contribution in [0.4, 0.5) is 5.82 Å². The minimum Gasteiger partial charge on any atom is -0.311 e. The number of rotatable bonds is 6. The second-order valence-electron chi connectivity index (χ2n) is 7.23. The predicted molar refractivity (Wildman–Crippen MR) is 117 cm³/mol. The second kappa shape index (κ2) is 8.29. The molecular weight excluding hydrogens is 376 g/mol. The number of hydrogen-bond acceptors (Lipinski definition) is 4. The van der Waals surface area contributed by atoms with Gasteiger partial charge in [-0.25, -0.2) is 4.98 Å². The average Bonchev–Trinajstić information content (AvgIpc) is 3.12. The molecule has 2 aromatic heterocycles. The molecule has 2 aromatic carbocycles.